The van der Waals surface area contributed by atoms with Crippen LogP contribution in [0.3, 0.4) is 0 Å². The second-order valence-corrected chi connectivity index (χ2v) is 7.05. The zero-order valence-electron chi connectivity index (χ0n) is 13.1. The van der Waals surface area contributed by atoms with Gasteiger partial charge in [0, 0.05) is 22.9 Å². The molecule has 0 radical (unpaired) electrons. The maximum Gasteiger partial charge on any atom is 0.416 e. The van der Waals surface area contributed by atoms with Crippen molar-refractivity contribution in [2.45, 2.75) is 29.8 Å². The van der Waals surface area contributed by atoms with Crippen LogP contribution in [-0.4, -0.2) is 11.8 Å². The van der Waals surface area contributed by atoms with E-state index in [1.54, 1.807) is 0 Å². The van der Waals surface area contributed by atoms with Crippen LogP contribution in [0.2, 0.25) is 0 Å². The number of alkyl halides is 4. The Bertz CT molecular complexity index is 794. The summed E-state index contributed by atoms with van der Waals surface area (Å²) in [5.41, 5.74) is 1.54. The standard InChI is InChI=1S/C18H15ClF3NOS/c19-8-7-17(24)23-10-12-3-1-2-4-13(12)11-25-16-6-5-14(9-15(16)23)18(20,21)22/h1-6,9H,7-8,10-11H2. The van der Waals surface area contributed by atoms with Gasteiger partial charge in [-0.2, -0.15) is 13.2 Å². The van der Waals surface area contributed by atoms with Crippen LogP contribution >= 0.6 is 23.4 Å². The molecule has 25 heavy (non-hydrogen) atoms. The van der Waals surface area contributed by atoms with Crippen LogP contribution in [0, 0.1) is 0 Å². The quantitative estimate of drug-likeness (QED) is 0.638. The van der Waals surface area contributed by atoms with Gasteiger partial charge < -0.3 is 4.90 Å². The Morgan fingerprint density at radius 3 is 2.56 bits per heavy atom. The molecule has 0 spiro atoms. The highest BCUT2D eigenvalue weighted by atomic mass is 35.5. The lowest BCUT2D eigenvalue weighted by Crippen LogP contribution is -2.32. The van der Waals surface area contributed by atoms with E-state index in [0.29, 0.717) is 16.3 Å². The normalized spacial score (nSPS) is 14.3. The van der Waals surface area contributed by atoms with E-state index < -0.39 is 11.7 Å². The Balaban J connectivity index is 2.10. The molecule has 0 atom stereocenters. The Kier molecular flexibility index (Phi) is 5.29. The summed E-state index contributed by atoms with van der Waals surface area (Å²) in [4.78, 5) is 14.6. The second kappa shape index (κ2) is 7.30. The number of hydrogen-bond donors (Lipinski definition) is 0. The molecule has 0 N–H and O–H groups in total. The molecule has 1 heterocycles. The van der Waals surface area contributed by atoms with Crippen LogP contribution in [0.25, 0.3) is 0 Å². The number of thioether (sulfide) groups is 1. The van der Waals surface area contributed by atoms with E-state index in [0.717, 1.165) is 23.3 Å². The van der Waals surface area contributed by atoms with E-state index in [9.17, 15) is 18.0 Å². The first-order valence-corrected chi connectivity index (χ1v) is 9.19. The molecule has 0 saturated carbocycles. The molecule has 0 bridgehead atoms. The minimum atomic E-state index is -4.46. The number of fused-ring (bicyclic) bond motifs is 2. The topological polar surface area (TPSA) is 20.3 Å². The summed E-state index contributed by atoms with van der Waals surface area (Å²) in [6, 6.07) is 11.2. The molecule has 0 fully saturated rings. The lowest BCUT2D eigenvalue weighted by molar-refractivity contribution is -0.137. The number of nitrogens with zero attached hydrogens (tertiary/aromatic N) is 1. The Morgan fingerprint density at radius 2 is 1.88 bits per heavy atom. The Hall–Kier alpha value is -1.66. The summed E-state index contributed by atoms with van der Waals surface area (Å²) in [5.74, 6) is 0.484. The third-order valence-electron chi connectivity index (χ3n) is 4.02. The summed E-state index contributed by atoms with van der Waals surface area (Å²) in [6.07, 6.45) is -4.38. The number of carbonyl (C=O) groups excluding carboxylic acids is 1. The number of hydrogen-bond acceptors (Lipinski definition) is 2. The fourth-order valence-corrected chi connectivity index (χ4v) is 3.96. The zero-order valence-corrected chi connectivity index (χ0v) is 14.7. The van der Waals surface area contributed by atoms with E-state index in [4.69, 9.17) is 11.6 Å². The maximum absolute atomic E-state index is 13.1. The molecular weight excluding hydrogens is 371 g/mol. The predicted molar refractivity (Wildman–Crippen MR) is 94.0 cm³/mol. The molecular formula is C18H15ClF3NOS. The van der Waals surface area contributed by atoms with Gasteiger partial charge in [-0.3, -0.25) is 4.79 Å². The summed E-state index contributed by atoms with van der Waals surface area (Å²) >= 11 is 7.12. The zero-order chi connectivity index (χ0) is 18.0. The SMILES string of the molecule is O=C(CCCl)N1Cc2ccccc2CSc2ccc(C(F)(F)F)cc21. The van der Waals surface area contributed by atoms with Crippen molar-refractivity contribution in [3.05, 3.63) is 59.2 Å². The highest BCUT2D eigenvalue weighted by Crippen LogP contribution is 2.40. The monoisotopic (exact) mass is 385 g/mol. The van der Waals surface area contributed by atoms with Crippen molar-refractivity contribution in [1.82, 2.24) is 0 Å². The van der Waals surface area contributed by atoms with Gasteiger partial charge in [0.25, 0.3) is 0 Å². The molecule has 132 valence electrons. The van der Waals surface area contributed by atoms with Gasteiger partial charge in [0.05, 0.1) is 17.8 Å². The van der Waals surface area contributed by atoms with Crippen molar-refractivity contribution in [2.24, 2.45) is 0 Å². The minimum absolute atomic E-state index is 0.0735. The number of halogens is 4. The van der Waals surface area contributed by atoms with Crippen molar-refractivity contribution in [2.75, 3.05) is 10.8 Å². The molecule has 2 aromatic rings. The third-order valence-corrected chi connectivity index (χ3v) is 5.32. The highest BCUT2D eigenvalue weighted by molar-refractivity contribution is 7.98. The van der Waals surface area contributed by atoms with E-state index in [2.05, 4.69) is 0 Å². The third kappa shape index (κ3) is 3.96. The van der Waals surface area contributed by atoms with Gasteiger partial charge >= 0.3 is 6.18 Å². The number of rotatable bonds is 2. The second-order valence-electron chi connectivity index (χ2n) is 5.66. The van der Waals surface area contributed by atoms with Crippen molar-refractivity contribution in [3.63, 3.8) is 0 Å². The van der Waals surface area contributed by atoms with Crippen LogP contribution in [0.5, 0.6) is 0 Å². The van der Waals surface area contributed by atoms with Gasteiger partial charge in [-0.15, -0.1) is 23.4 Å². The first-order valence-electron chi connectivity index (χ1n) is 7.67. The van der Waals surface area contributed by atoms with Crippen LogP contribution in [-0.2, 0) is 23.3 Å². The molecule has 0 unspecified atom stereocenters. The van der Waals surface area contributed by atoms with Crippen molar-refractivity contribution < 1.29 is 18.0 Å². The average molecular weight is 386 g/mol. The van der Waals surface area contributed by atoms with Crippen LogP contribution in [0.1, 0.15) is 23.1 Å². The first-order chi connectivity index (χ1) is 11.9. The van der Waals surface area contributed by atoms with Gasteiger partial charge in [-0.05, 0) is 29.3 Å². The van der Waals surface area contributed by atoms with Crippen molar-refractivity contribution in [1.29, 1.82) is 0 Å². The van der Waals surface area contributed by atoms with Crippen molar-refractivity contribution in [3.8, 4) is 0 Å². The Morgan fingerprint density at radius 1 is 1.16 bits per heavy atom. The number of anilines is 1. The highest BCUT2D eigenvalue weighted by Gasteiger charge is 2.33. The van der Waals surface area contributed by atoms with Crippen LogP contribution in [0.15, 0.2) is 47.4 Å². The van der Waals surface area contributed by atoms with E-state index in [1.807, 2.05) is 24.3 Å². The van der Waals surface area contributed by atoms with Crippen LogP contribution in [0.4, 0.5) is 18.9 Å². The Labute approximate surface area is 153 Å². The van der Waals surface area contributed by atoms with Gasteiger partial charge in [-0.25, -0.2) is 0 Å². The number of carbonyl (C=O) groups is 1. The lowest BCUT2D eigenvalue weighted by atomic mass is 10.1. The molecule has 1 aliphatic rings. The number of benzene rings is 2. The molecule has 7 heteroatoms. The average Bonchev–Trinajstić information content (AvgIpc) is 2.56. The molecule has 0 saturated heterocycles. The molecule has 2 nitrogen and oxygen atoms in total. The molecule has 0 aromatic heterocycles. The van der Waals surface area contributed by atoms with Gasteiger partial charge in [-0.1, -0.05) is 24.3 Å². The van der Waals surface area contributed by atoms with Crippen LogP contribution < -0.4 is 4.90 Å². The van der Waals surface area contributed by atoms with Gasteiger partial charge in [0.2, 0.25) is 5.91 Å². The lowest BCUT2D eigenvalue weighted by Gasteiger charge is -2.29. The minimum Gasteiger partial charge on any atom is -0.307 e. The maximum atomic E-state index is 13.1. The first kappa shape index (κ1) is 18.1. The fraction of sp³-hybridized carbons (Fsp3) is 0.278. The molecule has 2 aromatic carbocycles. The summed E-state index contributed by atoms with van der Waals surface area (Å²) in [5, 5.41) is 0. The fourth-order valence-electron chi connectivity index (χ4n) is 2.73. The summed E-state index contributed by atoms with van der Waals surface area (Å²) in [6.45, 7) is 0.237. The van der Waals surface area contributed by atoms with E-state index >= 15 is 0 Å². The summed E-state index contributed by atoms with van der Waals surface area (Å²) < 4.78 is 39.4. The predicted octanol–water partition coefficient (Wildman–Crippen LogP) is 5.47. The largest absolute Gasteiger partial charge is 0.416 e. The number of amides is 1. The van der Waals surface area contributed by atoms with E-state index in [-0.39, 0.29) is 24.8 Å². The molecule has 1 aliphatic heterocycles. The van der Waals surface area contributed by atoms with Crippen molar-refractivity contribution >= 4 is 35.0 Å². The molecule has 0 aliphatic carbocycles. The molecule has 3 rings (SSSR count). The van der Waals surface area contributed by atoms with E-state index in [1.165, 1.54) is 22.7 Å². The molecule has 1 amide bonds. The smallest absolute Gasteiger partial charge is 0.307 e. The van der Waals surface area contributed by atoms with Gasteiger partial charge in [0.15, 0.2) is 0 Å². The van der Waals surface area contributed by atoms with Gasteiger partial charge in [0.1, 0.15) is 0 Å². The summed E-state index contributed by atoms with van der Waals surface area (Å²) in [7, 11) is 0.